The molecule has 2 aromatic heterocycles. The highest BCUT2D eigenvalue weighted by molar-refractivity contribution is 7.86. The highest BCUT2D eigenvalue weighted by Crippen LogP contribution is 2.49. The van der Waals surface area contributed by atoms with Crippen molar-refractivity contribution < 1.29 is 40.4 Å². The minimum atomic E-state index is -3.70. The zero-order valence-corrected chi connectivity index (χ0v) is 40.0. The molecular formula is C47H59F2N5O7SSi. The van der Waals surface area contributed by atoms with Gasteiger partial charge in [-0.2, -0.15) is 18.4 Å². The topological polar surface area (TPSA) is 133 Å². The van der Waals surface area contributed by atoms with Gasteiger partial charge >= 0.3 is 12.1 Å². The Morgan fingerprint density at radius 2 is 1.68 bits per heavy atom. The SMILES string of the molecule is CC(C)[Si](C#Cc1c(F)ccc2cccc(-c3nc4c5c(nc(OCC6(COS(C)(=O)=O)CC6)nc5c3F)N3C[C@H]5CC[C@@H]([C@H]3[C@H](C)O4)N5C(=O)OC(C)(C)C)c12)(C(C)C)C(C)C. The van der Waals surface area contributed by atoms with Crippen LogP contribution in [0.5, 0.6) is 11.9 Å². The van der Waals surface area contributed by atoms with Gasteiger partial charge in [0, 0.05) is 22.9 Å². The highest BCUT2D eigenvalue weighted by Gasteiger charge is 2.54. The number of amides is 1. The number of hydrogen-bond donors (Lipinski definition) is 0. The lowest BCUT2D eigenvalue weighted by Crippen LogP contribution is -2.65. The summed E-state index contributed by atoms with van der Waals surface area (Å²) in [5, 5.41) is 1.34. The summed E-state index contributed by atoms with van der Waals surface area (Å²) < 4.78 is 82.0. The molecule has 4 aromatic rings. The fourth-order valence-corrected chi connectivity index (χ4v) is 16.2. The smallest absolute Gasteiger partial charge is 0.410 e. The van der Waals surface area contributed by atoms with Crippen molar-refractivity contribution in [2.45, 2.75) is 141 Å². The summed E-state index contributed by atoms with van der Waals surface area (Å²) in [6.07, 6.45) is 2.75. The number of halogens is 2. The van der Waals surface area contributed by atoms with Crippen molar-refractivity contribution in [1.29, 1.82) is 0 Å². The monoisotopic (exact) mass is 903 g/mol. The Hall–Kier alpha value is -4.59. The third-order valence-electron chi connectivity index (χ3n) is 13.6. The van der Waals surface area contributed by atoms with Gasteiger partial charge in [-0.05, 0) is 81.5 Å². The minimum Gasteiger partial charge on any atom is -0.472 e. The molecule has 2 bridgehead atoms. The fraction of sp³-hybridized carbons (Fsp3) is 0.574. The zero-order valence-electron chi connectivity index (χ0n) is 38.1. The van der Waals surface area contributed by atoms with Crippen LogP contribution in [0.25, 0.3) is 32.9 Å². The van der Waals surface area contributed by atoms with Crippen LogP contribution in [0.4, 0.5) is 19.4 Å². The van der Waals surface area contributed by atoms with E-state index in [9.17, 15) is 13.2 Å². The number of ether oxygens (including phenoxy) is 3. The lowest BCUT2D eigenvalue weighted by molar-refractivity contribution is 0.000929. The lowest BCUT2D eigenvalue weighted by atomic mass is 9.96. The van der Waals surface area contributed by atoms with Crippen LogP contribution >= 0.6 is 0 Å². The molecule has 5 heterocycles. The number of benzene rings is 2. The van der Waals surface area contributed by atoms with Crippen LogP contribution in [0, 0.1) is 28.5 Å². The van der Waals surface area contributed by atoms with Crippen LogP contribution in [0.3, 0.4) is 0 Å². The standard InChI is InChI=1S/C47H59F2N5O7SSi/c1-26(2)63(27(3)4,28(5)6)22-19-32-34(48)17-15-30-13-12-14-33(36(30)32)39-38(49)40-37-42(52-44(51-40)58-24-47(20-21-47)25-59-62(11,56)57)53-23-31-16-18-35(41(53)29(7)60-43(37)50-39)54(31)45(55)61-46(8,9)10/h12-15,17,26-29,31,35,41H,16,18,20-21,23-25H2,1-11H3/t29-,31+,35-,41+/m0/s1. The molecule has 16 heteroatoms. The molecule has 0 N–H and O–H groups in total. The Bertz CT molecular complexity index is 2640. The molecule has 4 aliphatic rings. The number of anilines is 1. The molecule has 2 aromatic carbocycles. The number of aromatic nitrogens is 3. The van der Waals surface area contributed by atoms with Crippen LogP contribution < -0.4 is 14.4 Å². The predicted octanol–water partition coefficient (Wildman–Crippen LogP) is 9.57. The zero-order chi connectivity index (χ0) is 45.6. The summed E-state index contributed by atoms with van der Waals surface area (Å²) in [6, 6.07) is 7.31. The van der Waals surface area contributed by atoms with Crippen molar-refractivity contribution in [3.8, 4) is 34.6 Å². The quantitative estimate of drug-likeness (QED) is 0.0856. The van der Waals surface area contributed by atoms with Gasteiger partial charge in [-0.3, -0.25) is 9.08 Å². The largest absolute Gasteiger partial charge is 0.472 e. The maximum Gasteiger partial charge on any atom is 0.410 e. The first kappa shape index (κ1) is 45.0. The van der Waals surface area contributed by atoms with Crippen molar-refractivity contribution in [3.05, 3.63) is 47.5 Å². The van der Waals surface area contributed by atoms with E-state index in [1.54, 1.807) is 18.2 Å². The van der Waals surface area contributed by atoms with Gasteiger partial charge in [-0.25, -0.2) is 18.6 Å². The first-order valence-electron chi connectivity index (χ1n) is 22.1. The van der Waals surface area contributed by atoms with E-state index < -0.39 is 59.1 Å². The molecule has 1 amide bonds. The van der Waals surface area contributed by atoms with E-state index in [1.807, 2.05) is 38.7 Å². The summed E-state index contributed by atoms with van der Waals surface area (Å²) in [5.41, 5.74) is 3.59. The summed E-state index contributed by atoms with van der Waals surface area (Å²) in [7, 11) is -6.01. The molecule has 1 saturated carbocycles. The first-order valence-corrected chi connectivity index (χ1v) is 26.2. The second-order valence-corrected chi connectivity index (χ2v) is 27.2. The molecule has 12 nitrogen and oxygen atoms in total. The number of carbonyl (C=O) groups is 1. The van der Waals surface area contributed by atoms with Gasteiger partial charge in [-0.1, -0.05) is 71.7 Å². The Balaban J connectivity index is 1.31. The van der Waals surface area contributed by atoms with Crippen LogP contribution in [0.2, 0.25) is 16.6 Å². The molecule has 4 atom stereocenters. The van der Waals surface area contributed by atoms with Crippen molar-refractivity contribution >= 4 is 51.8 Å². The van der Waals surface area contributed by atoms with E-state index in [0.717, 1.165) is 12.7 Å². The molecule has 1 aliphatic carbocycles. The Morgan fingerprint density at radius 1 is 0.984 bits per heavy atom. The van der Waals surface area contributed by atoms with Gasteiger partial charge in [-0.15, -0.1) is 5.54 Å². The Kier molecular flexibility index (Phi) is 11.5. The number of rotatable bonds is 10. The molecule has 3 aliphatic heterocycles. The number of hydrogen-bond acceptors (Lipinski definition) is 11. The molecule has 0 spiro atoms. The summed E-state index contributed by atoms with van der Waals surface area (Å²) in [5.74, 6) is 2.48. The van der Waals surface area contributed by atoms with Gasteiger partial charge in [0.15, 0.2) is 5.82 Å². The maximum absolute atomic E-state index is 17.8. The second-order valence-electron chi connectivity index (χ2n) is 20.0. The number of nitrogens with zero attached hydrogens (tertiary/aromatic N) is 5. The van der Waals surface area contributed by atoms with Gasteiger partial charge in [0.1, 0.15) is 48.0 Å². The molecule has 338 valence electrons. The summed E-state index contributed by atoms with van der Waals surface area (Å²) in [6.45, 7) is 20.9. The van der Waals surface area contributed by atoms with Crippen LogP contribution in [-0.2, 0) is 19.0 Å². The average Bonchev–Trinajstić information content (AvgIpc) is 3.92. The summed E-state index contributed by atoms with van der Waals surface area (Å²) in [4.78, 5) is 32.2. The number of piperazine rings is 1. The van der Waals surface area contributed by atoms with Crippen LogP contribution in [0.15, 0.2) is 30.3 Å². The van der Waals surface area contributed by atoms with Crippen molar-refractivity contribution in [2.75, 3.05) is 30.9 Å². The molecular weight excluding hydrogens is 845 g/mol. The van der Waals surface area contributed by atoms with E-state index in [-0.39, 0.29) is 59.3 Å². The Morgan fingerprint density at radius 3 is 2.32 bits per heavy atom. The normalized spacial score (nSPS) is 21.7. The van der Waals surface area contributed by atoms with Crippen molar-refractivity contribution in [1.82, 2.24) is 19.9 Å². The summed E-state index contributed by atoms with van der Waals surface area (Å²) >= 11 is 0. The molecule has 63 heavy (non-hydrogen) atoms. The van der Waals surface area contributed by atoms with Gasteiger partial charge < -0.3 is 19.1 Å². The van der Waals surface area contributed by atoms with E-state index in [2.05, 4.69) is 57.9 Å². The average molecular weight is 904 g/mol. The van der Waals surface area contributed by atoms with E-state index in [1.165, 1.54) is 6.07 Å². The third-order valence-corrected chi connectivity index (χ3v) is 20.5. The van der Waals surface area contributed by atoms with Gasteiger partial charge in [0.25, 0.3) is 10.1 Å². The number of carbonyl (C=O) groups excluding carboxylic acids is 1. The fourth-order valence-electron chi connectivity index (χ4n) is 10.5. The first-order chi connectivity index (χ1) is 29.5. The minimum absolute atomic E-state index is 0.0342. The third kappa shape index (κ3) is 8.22. The molecule has 8 rings (SSSR count). The van der Waals surface area contributed by atoms with Crippen LogP contribution in [0.1, 0.15) is 100 Å². The molecule has 3 fully saturated rings. The molecule has 0 unspecified atom stereocenters. The van der Waals surface area contributed by atoms with E-state index >= 15 is 8.78 Å². The second kappa shape index (κ2) is 16.1. The maximum atomic E-state index is 17.8. The van der Waals surface area contributed by atoms with E-state index in [4.69, 9.17) is 33.3 Å². The van der Waals surface area contributed by atoms with Gasteiger partial charge in [0.2, 0.25) is 5.88 Å². The van der Waals surface area contributed by atoms with Crippen molar-refractivity contribution in [2.24, 2.45) is 5.41 Å². The van der Waals surface area contributed by atoms with Crippen molar-refractivity contribution in [3.63, 3.8) is 0 Å². The lowest BCUT2D eigenvalue weighted by Gasteiger charge is -2.48. The van der Waals surface area contributed by atoms with Crippen LogP contribution in [-0.4, -0.2) is 98.3 Å². The molecule has 2 saturated heterocycles. The number of pyridine rings is 1. The predicted molar refractivity (Wildman–Crippen MR) is 242 cm³/mol. The molecule has 0 radical (unpaired) electrons. The number of fused-ring (bicyclic) bond motifs is 6. The Labute approximate surface area is 370 Å². The van der Waals surface area contributed by atoms with Gasteiger partial charge in [0.05, 0.1) is 43.2 Å². The van der Waals surface area contributed by atoms with E-state index in [0.29, 0.717) is 64.6 Å². The highest BCUT2D eigenvalue weighted by atomic mass is 32.2.